The number of hydrogen-bond donors (Lipinski definition) is 1. The molecule has 0 amide bonds. The highest BCUT2D eigenvalue weighted by atomic mass is 32.3. The molecule has 0 heterocycles. The van der Waals surface area contributed by atoms with Crippen molar-refractivity contribution in [1.29, 1.82) is 0 Å². The average molecular weight is 571 g/mol. The van der Waals surface area contributed by atoms with Gasteiger partial charge >= 0.3 is 32.9 Å². The first-order valence-electron chi connectivity index (χ1n) is 8.99. The van der Waals surface area contributed by atoms with Crippen LogP contribution in [0, 0.1) is 0 Å². The quantitative estimate of drug-likeness (QED) is 0.277. The van der Waals surface area contributed by atoms with Crippen LogP contribution in [0.25, 0.3) is 16.8 Å². The lowest BCUT2D eigenvalue weighted by molar-refractivity contribution is -0.262. The molecule has 0 saturated carbocycles. The number of ether oxygens (including phenoxy) is 2. The SMILES string of the molecule is C=Cc1ccc2cc(OC(=O)COC(C(F)(F)F)C(F)(F)S(=O)(=O)NS(=O)(=O)C(F)(F)F)ccc2c1. The van der Waals surface area contributed by atoms with Crippen LogP contribution in [-0.2, 0) is 29.6 Å². The summed E-state index contributed by atoms with van der Waals surface area (Å²) in [5, 5.41) is -5.23. The van der Waals surface area contributed by atoms with Gasteiger partial charge in [-0.3, -0.25) is 0 Å². The number of carbonyl (C=O) groups is 1. The molecule has 200 valence electrons. The number of hydrogen-bond acceptors (Lipinski definition) is 7. The van der Waals surface area contributed by atoms with Crippen LogP contribution >= 0.6 is 0 Å². The number of sulfonamides is 2. The van der Waals surface area contributed by atoms with Gasteiger partial charge in [0, 0.05) is 0 Å². The molecule has 0 bridgehead atoms. The lowest BCUT2D eigenvalue weighted by Crippen LogP contribution is -2.57. The van der Waals surface area contributed by atoms with E-state index in [9.17, 15) is 56.8 Å². The molecule has 18 heteroatoms. The fraction of sp³-hybridized carbons (Fsp3) is 0.278. The first kappa shape index (κ1) is 29.4. The molecule has 0 saturated heterocycles. The Morgan fingerprint density at radius 3 is 2.00 bits per heavy atom. The molecule has 2 aromatic carbocycles. The van der Waals surface area contributed by atoms with Gasteiger partial charge in [0.25, 0.3) is 10.0 Å². The molecule has 0 aliphatic carbocycles. The van der Waals surface area contributed by atoms with Gasteiger partial charge in [-0.05, 0) is 34.5 Å². The summed E-state index contributed by atoms with van der Waals surface area (Å²) in [6.45, 7) is 1.62. The summed E-state index contributed by atoms with van der Waals surface area (Å²) in [6.07, 6.45) is -9.52. The summed E-state index contributed by atoms with van der Waals surface area (Å²) in [7, 11) is -14.3. The Kier molecular flexibility index (Phi) is 8.09. The molecule has 0 aliphatic rings. The maximum Gasteiger partial charge on any atom is 0.512 e. The van der Waals surface area contributed by atoms with Crippen LogP contribution in [0.5, 0.6) is 5.75 Å². The molecule has 1 unspecified atom stereocenters. The van der Waals surface area contributed by atoms with Crippen molar-refractivity contribution < 1.29 is 66.2 Å². The van der Waals surface area contributed by atoms with E-state index in [-0.39, 0.29) is 5.75 Å². The highest BCUT2D eigenvalue weighted by Gasteiger charge is 2.66. The molecule has 0 fully saturated rings. The van der Waals surface area contributed by atoms with Crippen LogP contribution in [0.1, 0.15) is 5.56 Å². The normalized spacial score (nSPS) is 14.4. The minimum absolute atomic E-state index is 0.275. The van der Waals surface area contributed by atoms with Gasteiger partial charge in [-0.2, -0.15) is 35.1 Å². The minimum Gasteiger partial charge on any atom is -0.425 e. The van der Waals surface area contributed by atoms with Gasteiger partial charge in [-0.25, -0.2) is 21.6 Å². The zero-order valence-corrected chi connectivity index (χ0v) is 18.9. The Bertz CT molecular complexity index is 1370. The highest BCUT2D eigenvalue weighted by molar-refractivity contribution is 8.05. The molecule has 8 nitrogen and oxygen atoms in total. The van der Waals surface area contributed by atoms with Gasteiger partial charge in [0.15, 0.2) is 0 Å². The fourth-order valence-corrected chi connectivity index (χ4v) is 4.98. The second kappa shape index (κ2) is 9.91. The van der Waals surface area contributed by atoms with Gasteiger partial charge < -0.3 is 9.47 Å². The Balaban J connectivity index is 2.22. The summed E-state index contributed by atoms with van der Waals surface area (Å²) >= 11 is 0. The molecule has 2 rings (SSSR count). The number of benzene rings is 2. The summed E-state index contributed by atoms with van der Waals surface area (Å²) in [5.41, 5.74) is -5.73. The number of nitrogens with one attached hydrogen (secondary N) is 1. The van der Waals surface area contributed by atoms with Crippen molar-refractivity contribution in [2.45, 2.75) is 23.0 Å². The number of rotatable bonds is 9. The van der Waals surface area contributed by atoms with E-state index in [1.165, 1.54) is 24.3 Å². The zero-order valence-electron chi connectivity index (χ0n) is 17.2. The third-order valence-electron chi connectivity index (χ3n) is 4.16. The lowest BCUT2D eigenvalue weighted by Gasteiger charge is -2.28. The van der Waals surface area contributed by atoms with E-state index in [2.05, 4.69) is 16.1 Å². The lowest BCUT2D eigenvalue weighted by atomic mass is 10.1. The predicted molar refractivity (Wildman–Crippen MR) is 107 cm³/mol. The molecule has 1 N–H and O–H groups in total. The van der Waals surface area contributed by atoms with Crippen LogP contribution in [-0.4, -0.2) is 52.5 Å². The maximum absolute atomic E-state index is 14.1. The number of fused-ring (bicyclic) bond motifs is 1. The van der Waals surface area contributed by atoms with E-state index < -0.39 is 59.8 Å². The monoisotopic (exact) mass is 571 g/mol. The molecule has 0 spiro atoms. The number of alkyl halides is 8. The molecule has 0 aromatic heterocycles. The van der Waals surface area contributed by atoms with Crippen molar-refractivity contribution in [2.24, 2.45) is 0 Å². The van der Waals surface area contributed by atoms with Crippen molar-refractivity contribution in [3.63, 3.8) is 0 Å². The smallest absolute Gasteiger partial charge is 0.425 e. The molecule has 36 heavy (non-hydrogen) atoms. The molecule has 2 aromatic rings. The maximum atomic E-state index is 14.1. The van der Waals surface area contributed by atoms with Crippen molar-refractivity contribution in [3.05, 3.63) is 48.5 Å². The van der Waals surface area contributed by atoms with Crippen LogP contribution in [0.15, 0.2) is 43.0 Å². The van der Waals surface area contributed by atoms with E-state index in [1.807, 2.05) is 0 Å². The summed E-state index contributed by atoms with van der Waals surface area (Å²) in [6, 6.07) is 8.71. The van der Waals surface area contributed by atoms with Gasteiger partial charge in [-0.15, -0.1) is 0 Å². The third-order valence-corrected chi connectivity index (χ3v) is 7.45. The van der Waals surface area contributed by atoms with Crippen molar-refractivity contribution in [1.82, 2.24) is 4.13 Å². The molecule has 0 radical (unpaired) electrons. The van der Waals surface area contributed by atoms with Crippen LogP contribution < -0.4 is 8.86 Å². The van der Waals surface area contributed by atoms with Gasteiger partial charge in [0.05, 0.1) is 0 Å². The van der Waals surface area contributed by atoms with Crippen LogP contribution in [0.4, 0.5) is 35.1 Å². The van der Waals surface area contributed by atoms with E-state index in [1.54, 1.807) is 18.2 Å². The molecule has 1 atom stereocenters. The Morgan fingerprint density at radius 2 is 1.47 bits per heavy atom. The Morgan fingerprint density at radius 1 is 0.917 bits per heavy atom. The first-order valence-corrected chi connectivity index (χ1v) is 12.0. The second-order valence-corrected chi connectivity index (χ2v) is 10.5. The number of carbonyl (C=O) groups excluding carboxylic acids is 1. The van der Waals surface area contributed by atoms with E-state index >= 15 is 0 Å². The highest BCUT2D eigenvalue weighted by Crippen LogP contribution is 2.39. The summed E-state index contributed by atoms with van der Waals surface area (Å²) < 4.78 is 157. The third kappa shape index (κ3) is 6.48. The second-order valence-electron chi connectivity index (χ2n) is 6.78. The van der Waals surface area contributed by atoms with E-state index in [0.717, 1.165) is 5.56 Å². The zero-order chi connectivity index (χ0) is 27.7. The Labute approximate surface area is 197 Å². The topological polar surface area (TPSA) is 116 Å². The largest absolute Gasteiger partial charge is 0.512 e. The first-order chi connectivity index (χ1) is 16.2. The van der Waals surface area contributed by atoms with Crippen LogP contribution in [0.3, 0.4) is 0 Å². The average Bonchev–Trinajstić information content (AvgIpc) is 2.70. The predicted octanol–water partition coefficient (Wildman–Crippen LogP) is 3.70. The molecular formula is C18H13F8NO7S2. The molecular weight excluding hydrogens is 558 g/mol. The van der Waals surface area contributed by atoms with Crippen LogP contribution in [0.2, 0.25) is 0 Å². The summed E-state index contributed by atoms with van der Waals surface area (Å²) in [5.74, 6) is -2.00. The van der Waals surface area contributed by atoms with E-state index in [0.29, 0.717) is 10.8 Å². The van der Waals surface area contributed by atoms with Crippen molar-refractivity contribution in [3.8, 4) is 5.75 Å². The number of halogens is 8. The minimum atomic E-state index is -7.22. The van der Waals surface area contributed by atoms with Gasteiger partial charge in [0.2, 0.25) is 6.10 Å². The van der Waals surface area contributed by atoms with Crippen molar-refractivity contribution in [2.75, 3.05) is 6.61 Å². The summed E-state index contributed by atoms with van der Waals surface area (Å²) in [4.78, 5) is 11.8. The molecule has 0 aliphatic heterocycles. The fourth-order valence-electron chi connectivity index (χ4n) is 2.52. The van der Waals surface area contributed by atoms with Crippen molar-refractivity contribution >= 4 is 42.9 Å². The standard InChI is InChI=1S/C18H13F8NO7S2/c1-2-10-3-4-12-8-13(6-5-11(12)7-10)34-14(28)9-33-15(16(19,20)21)17(22,23)35(29,30)27-36(31,32)18(24,25)26/h2-8,15,27H,1,9H2. The number of esters is 1. The van der Waals surface area contributed by atoms with E-state index in [4.69, 9.17) is 0 Å². The van der Waals surface area contributed by atoms with Gasteiger partial charge in [0.1, 0.15) is 12.4 Å². The van der Waals surface area contributed by atoms with Gasteiger partial charge in [-0.1, -0.05) is 35.0 Å². The Hall–Kier alpha value is -2.83.